The summed E-state index contributed by atoms with van der Waals surface area (Å²) in [5, 5.41) is 10.3. The van der Waals surface area contributed by atoms with Crippen molar-refractivity contribution in [1.29, 1.82) is 0 Å². The van der Waals surface area contributed by atoms with Gasteiger partial charge in [0.15, 0.2) is 0 Å². The lowest BCUT2D eigenvalue weighted by molar-refractivity contribution is 0.653. The number of aromatic amines is 2. The van der Waals surface area contributed by atoms with E-state index in [0.29, 0.717) is 23.7 Å². The quantitative estimate of drug-likeness (QED) is 0.357. The number of pyridine rings is 2. The van der Waals surface area contributed by atoms with Gasteiger partial charge < -0.3 is 9.55 Å². The van der Waals surface area contributed by atoms with E-state index < -0.39 is 0 Å². The first kappa shape index (κ1) is 35.7. The molecule has 0 aliphatic heterocycles. The summed E-state index contributed by atoms with van der Waals surface area (Å²) in [4.78, 5) is 45.6. The molecule has 0 atom stereocenters. The van der Waals surface area contributed by atoms with Crippen LogP contribution in [-0.2, 0) is 14.1 Å². The van der Waals surface area contributed by atoms with Gasteiger partial charge in [0.2, 0.25) is 11.1 Å². The first-order chi connectivity index (χ1) is 19.6. The molecule has 0 saturated carbocycles. The van der Waals surface area contributed by atoms with E-state index in [1.165, 1.54) is 21.9 Å². The Bertz CT molecular complexity index is 1450. The normalized spacial score (nSPS) is 10.4. The fourth-order valence-corrected chi connectivity index (χ4v) is 3.24. The van der Waals surface area contributed by atoms with Crippen LogP contribution in [0, 0.1) is 0 Å². The first-order valence-electron chi connectivity index (χ1n) is 14.1. The van der Waals surface area contributed by atoms with Crippen LogP contribution in [0.1, 0.15) is 102 Å². The molecule has 2 N–H and O–H groups in total. The number of aromatic nitrogens is 6. The smallest absolute Gasteiger partial charge is 0.266 e. The molecule has 0 radical (unpaired) electrons. The van der Waals surface area contributed by atoms with E-state index in [0.717, 1.165) is 11.4 Å². The lowest BCUT2D eigenvalue weighted by atomic mass is 10.1. The van der Waals surface area contributed by atoms with Crippen LogP contribution in [0.2, 0.25) is 0 Å². The predicted octanol–water partition coefficient (Wildman–Crippen LogP) is 4.80. The number of aryl methyl sites for hydroxylation is 2. The van der Waals surface area contributed by atoms with Gasteiger partial charge in [-0.2, -0.15) is 10.2 Å². The highest BCUT2D eigenvalue weighted by molar-refractivity contribution is 5.14. The summed E-state index contributed by atoms with van der Waals surface area (Å²) in [6.45, 7) is 16.6. The number of rotatable bonds is 4. The Morgan fingerprint density at radius 1 is 0.595 bits per heavy atom. The van der Waals surface area contributed by atoms with E-state index in [1.807, 2.05) is 46.0 Å². The Kier molecular flexibility index (Phi) is 14.8. The zero-order valence-electron chi connectivity index (χ0n) is 26.5. The number of nitrogens with one attached hydrogen (secondary N) is 2. The zero-order valence-corrected chi connectivity index (χ0v) is 26.5. The molecule has 0 unspecified atom stereocenters. The van der Waals surface area contributed by atoms with Gasteiger partial charge >= 0.3 is 0 Å². The second-order valence-electron chi connectivity index (χ2n) is 11.1. The van der Waals surface area contributed by atoms with E-state index in [-0.39, 0.29) is 22.2 Å². The van der Waals surface area contributed by atoms with Crippen molar-refractivity contribution in [2.75, 3.05) is 0 Å². The first-order valence-corrected chi connectivity index (χ1v) is 14.1. The summed E-state index contributed by atoms with van der Waals surface area (Å²) in [5.41, 5.74) is 4.04. The average Bonchev–Trinajstić information content (AvgIpc) is 2.93. The van der Waals surface area contributed by atoms with Gasteiger partial charge in [-0.05, 0) is 46.9 Å². The molecular weight excluding hydrogens is 532 g/mol. The molecule has 4 aromatic heterocycles. The molecule has 0 saturated heterocycles. The Labute approximate surface area is 247 Å². The van der Waals surface area contributed by atoms with Crippen molar-refractivity contribution < 1.29 is 0 Å². The lowest BCUT2D eigenvalue weighted by Gasteiger charge is -2.05. The van der Waals surface area contributed by atoms with Crippen LogP contribution in [0.4, 0.5) is 0 Å². The van der Waals surface area contributed by atoms with E-state index in [1.54, 1.807) is 55.2 Å². The summed E-state index contributed by atoms with van der Waals surface area (Å²) in [6, 6.07) is 13.4. The molecule has 4 rings (SSSR count). The number of H-pyrrole nitrogens is 2. The molecule has 0 aromatic carbocycles. The summed E-state index contributed by atoms with van der Waals surface area (Å²) in [6.07, 6.45) is 3.64. The van der Waals surface area contributed by atoms with Gasteiger partial charge in [0.1, 0.15) is 0 Å². The molecule has 0 bridgehead atoms. The van der Waals surface area contributed by atoms with Gasteiger partial charge in [-0.1, -0.05) is 67.5 Å². The number of hydrogen-bond donors (Lipinski definition) is 2. The Morgan fingerprint density at radius 2 is 1.12 bits per heavy atom. The third kappa shape index (κ3) is 12.9. The van der Waals surface area contributed by atoms with Gasteiger partial charge in [0.05, 0.1) is 11.4 Å². The van der Waals surface area contributed by atoms with Crippen molar-refractivity contribution in [2.24, 2.45) is 14.1 Å². The summed E-state index contributed by atoms with van der Waals surface area (Å²) < 4.78 is 2.96. The summed E-state index contributed by atoms with van der Waals surface area (Å²) in [7, 11) is 3.43. The number of nitrogens with zero attached hydrogens (tertiary/aromatic N) is 4. The van der Waals surface area contributed by atoms with E-state index in [9.17, 15) is 19.2 Å². The SMILES string of the molecule is CC(C)c1ccc(=O)[nH]c1.CC(C)c1ccc(=O)[nH]n1.CC(C)c1ccc(=O)n(C)c1.CC(C)c1ccc(=O)n(C)n1. The van der Waals surface area contributed by atoms with Crippen LogP contribution in [0.15, 0.2) is 80.1 Å². The monoisotopic (exact) mass is 578 g/mol. The Hall–Kier alpha value is -4.34. The van der Waals surface area contributed by atoms with Gasteiger partial charge in [0, 0.05) is 50.8 Å². The van der Waals surface area contributed by atoms with E-state index in [4.69, 9.17) is 0 Å². The minimum Gasteiger partial charge on any atom is -0.329 e. The maximum atomic E-state index is 11.0. The van der Waals surface area contributed by atoms with Crippen LogP contribution in [0.25, 0.3) is 0 Å². The molecule has 42 heavy (non-hydrogen) atoms. The van der Waals surface area contributed by atoms with Crippen molar-refractivity contribution in [2.45, 2.75) is 79.1 Å². The largest absolute Gasteiger partial charge is 0.329 e. The highest BCUT2D eigenvalue weighted by atomic mass is 16.1. The van der Waals surface area contributed by atoms with Crippen molar-refractivity contribution in [3.63, 3.8) is 0 Å². The van der Waals surface area contributed by atoms with Gasteiger partial charge in [-0.3, -0.25) is 19.2 Å². The fraction of sp³-hybridized carbons (Fsp3) is 0.438. The molecule has 0 amide bonds. The third-order valence-corrected chi connectivity index (χ3v) is 6.12. The molecule has 228 valence electrons. The molecule has 10 heteroatoms. The van der Waals surface area contributed by atoms with Crippen molar-refractivity contribution in [3.8, 4) is 0 Å². The van der Waals surface area contributed by atoms with Crippen molar-refractivity contribution >= 4 is 0 Å². The van der Waals surface area contributed by atoms with Gasteiger partial charge in [-0.25, -0.2) is 9.78 Å². The van der Waals surface area contributed by atoms with Gasteiger partial charge in [-0.15, -0.1) is 0 Å². The standard InChI is InChI=1S/C9H13NO.C8H12N2O.C8H11NO.C7H10N2O/c1-7(2)8-4-5-9(11)10(3)6-8;1-6(2)7-4-5-8(11)10(3)9-7;1-6(2)7-3-4-8(10)9-5-7;1-5(2)6-3-4-7(10)9-8-6/h4-7H,1-3H3;4-6H,1-3H3;3-6H,1-2H3,(H,9,10);3-5H,1-2H3,(H,9,10). The number of hydrogen-bond acceptors (Lipinski definition) is 6. The summed E-state index contributed by atoms with van der Waals surface area (Å²) >= 11 is 0. The maximum absolute atomic E-state index is 11.0. The highest BCUT2D eigenvalue weighted by Gasteiger charge is 2.01. The average molecular weight is 579 g/mol. The molecule has 0 fully saturated rings. The topological polar surface area (TPSA) is 136 Å². The van der Waals surface area contributed by atoms with Crippen LogP contribution in [0.3, 0.4) is 0 Å². The second kappa shape index (κ2) is 17.5. The molecule has 0 aliphatic rings. The minimum absolute atomic E-state index is 0.0376. The highest BCUT2D eigenvalue weighted by Crippen LogP contribution is 2.11. The van der Waals surface area contributed by atoms with E-state index in [2.05, 4.69) is 48.0 Å². The third-order valence-electron chi connectivity index (χ3n) is 6.12. The molecular formula is C32H46N6O4. The van der Waals surface area contributed by atoms with Gasteiger partial charge in [0.25, 0.3) is 11.1 Å². The maximum Gasteiger partial charge on any atom is 0.266 e. The van der Waals surface area contributed by atoms with E-state index >= 15 is 0 Å². The van der Waals surface area contributed by atoms with Crippen molar-refractivity contribution in [1.82, 2.24) is 29.5 Å². The molecule has 0 aliphatic carbocycles. The molecule has 4 aromatic rings. The molecule has 4 heterocycles. The minimum atomic E-state index is -0.149. The predicted molar refractivity (Wildman–Crippen MR) is 169 cm³/mol. The summed E-state index contributed by atoms with van der Waals surface area (Å²) in [5.74, 6) is 1.72. The van der Waals surface area contributed by atoms with Crippen LogP contribution >= 0.6 is 0 Å². The molecule has 10 nitrogen and oxygen atoms in total. The Morgan fingerprint density at radius 3 is 1.55 bits per heavy atom. The lowest BCUT2D eigenvalue weighted by Crippen LogP contribution is -2.19. The fourth-order valence-electron chi connectivity index (χ4n) is 3.24. The van der Waals surface area contributed by atoms with Crippen LogP contribution in [-0.4, -0.2) is 29.5 Å². The molecule has 0 spiro atoms. The van der Waals surface area contributed by atoms with Crippen molar-refractivity contribution in [3.05, 3.63) is 125 Å². The van der Waals surface area contributed by atoms with Crippen LogP contribution in [0.5, 0.6) is 0 Å². The second-order valence-corrected chi connectivity index (χ2v) is 11.1. The Balaban J connectivity index is 0.000000280. The van der Waals surface area contributed by atoms with Crippen LogP contribution < -0.4 is 22.2 Å². The zero-order chi connectivity index (χ0) is 32.0.